The Balaban J connectivity index is 1.31. The van der Waals surface area contributed by atoms with Crippen LogP contribution in [0.2, 0.25) is 0 Å². The van der Waals surface area contributed by atoms with Gasteiger partial charge in [-0.05, 0) is 45.2 Å². The highest BCUT2D eigenvalue weighted by Gasteiger charge is 2.16. The predicted octanol–water partition coefficient (Wildman–Crippen LogP) is 3.14. The lowest BCUT2D eigenvalue weighted by molar-refractivity contribution is 0.0950. The summed E-state index contributed by atoms with van der Waals surface area (Å²) in [4.78, 5) is 28.8. The molecule has 3 aromatic rings. The van der Waals surface area contributed by atoms with Gasteiger partial charge in [-0.3, -0.25) is 4.79 Å². The van der Waals surface area contributed by atoms with E-state index in [1.807, 2.05) is 49.0 Å². The maximum Gasteiger partial charge on any atom is 0.263 e. The molecule has 0 bridgehead atoms. The van der Waals surface area contributed by atoms with Crippen molar-refractivity contribution in [2.24, 2.45) is 0 Å². The lowest BCUT2D eigenvalue weighted by atomic mass is 10.1. The van der Waals surface area contributed by atoms with Crippen LogP contribution in [0.4, 0.5) is 5.82 Å². The number of piperidine rings is 1. The number of carbonyl (C=O) groups excluding carboxylic acids is 1. The van der Waals surface area contributed by atoms with Gasteiger partial charge in [0.15, 0.2) is 5.13 Å². The fourth-order valence-electron chi connectivity index (χ4n) is 3.45. The molecule has 1 N–H and O–H groups in total. The fraction of sp³-hybridized carbons (Fsp3) is 0.429. The van der Waals surface area contributed by atoms with Crippen LogP contribution >= 0.6 is 11.3 Å². The van der Waals surface area contributed by atoms with Crippen molar-refractivity contribution in [3.05, 3.63) is 47.0 Å². The second kappa shape index (κ2) is 9.25. The minimum atomic E-state index is -0.139. The van der Waals surface area contributed by atoms with Gasteiger partial charge in [0.05, 0.1) is 12.2 Å². The molecular formula is C21H26N6O2S. The molecule has 0 aliphatic carbocycles. The van der Waals surface area contributed by atoms with Crippen LogP contribution in [-0.4, -0.2) is 51.7 Å². The molecule has 8 nitrogen and oxygen atoms in total. The zero-order chi connectivity index (χ0) is 20.9. The van der Waals surface area contributed by atoms with Crippen LogP contribution < -0.4 is 15.0 Å². The highest BCUT2D eigenvalue weighted by Crippen LogP contribution is 2.22. The van der Waals surface area contributed by atoms with Crippen molar-refractivity contribution < 1.29 is 9.53 Å². The van der Waals surface area contributed by atoms with Crippen LogP contribution in [-0.2, 0) is 0 Å². The van der Waals surface area contributed by atoms with Gasteiger partial charge in [0.1, 0.15) is 23.1 Å². The number of hydrogen-bond donors (Lipinski definition) is 1. The summed E-state index contributed by atoms with van der Waals surface area (Å²) in [5.41, 5.74) is 0.722. The number of anilines is 1. The van der Waals surface area contributed by atoms with E-state index in [4.69, 9.17) is 4.74 Å². The number of ether oxygens (including phenoxy) is 1. The molecule has 1 fully saturated rings. The van der Waals surface area contributed by atoms with E-state index in [-0.39, 0.29) is 5.91 Å². The Bertz CT molecular complexity index is 995. The largest absolute Gasteiger partial charge is 0.476 e. The van der Waals surface area contributed by atoms with E-state index in [2.05, 4.69) is 25.2 Å². The van der Waals surface area contributed by atoms with Crippen LogP contribution in [0, 0.1) is 13.8 Å². The number of aromatic nitrogens is 4. The Morgan fingerprint density at radius 1 is 1.13 bits per heavy atom. The van der Waals surface area contributed by atoms with Gasteiger partial charge in [-0.2, -0.15) is 4.98 Å². The first-order valence-electron chi connectivity index (χ1n) is 10.2. The summed E-state index contributed by atoms with van der Waals surface area (Å²) in [5, 5.41) is 3.68. The quantitative estimate of drug-likeness (QED) is 0.584. The lowest BCUT2D eigenvalue weighted by Gasteiger charge is -2.28. The first-order valence-corrected chi connectivity index (χ1v) is 11.0. The molecule has 1 aliphatic rings. The van der Waals surface area contributed by atoms with Crippen molar-refractivity contribution in [1.82, 2.24) is 24.8 Å². The van der Waals surface area contributed by atoms with Crippen molar-refractivity contribution in [2.45, 2.75) is 33.1 Å². The second-order valence-corrected chi connectivity index (χ2v) is 8.24. The number of nitrogens with zero attached hydrogens (tertiary/aromatic N) is 5. The summed E-state index contributed by atoms with van der Waals surface area (Å²) < 4.78 is 7.69. The Morgan fingerprint density at radius 2 is 1.90 bits per heavy atom. The van der Waals surface area contributed by atoms with E-state index >= 15 is 0 Å². The number of carbonyl (C=O) groups is 1. The van der Waals surface area contributed by atoms with E-state index in [9.17, 15) is 4.79 Å². The zero-order valence-corrected chi connectivity index (χ0v) is 18.1. The first kappa shape index (κ1) is 20.3. The molecule has 9 heteroatoms. The van der Waals surface area contributed by atoms with Gasteiger partial charge >= 0.3 is 0 Å². The van der Waals surface area contributed by atoms with E-state index in [1.165, 1.54) is 30.6 Å². The van der Waals surface area contributed by atoms with Crippen LogP contribution in [0.3, 0.4) is 0 Å². The van der Waals surface area contributed by atoms with E-state index in [0.717, 1.165) is 29.7 Å². The van der Waals surface area contributed by atoms with E-state index in [1.54, 1.807) is 0 Å². The molecule has 4 rings (SSSR count). The Hall–Kier alpha value is -2.94. The minimum absolute atomic E-state index is 0.139. The van der Waals surface area contributed by atoms with Crippen molar-refractivity contribution in [3.63, 3.8) is 0 Å². The van der Waals surface area contributed by atoms with Gasteiger partial charge in [0, 0.05) is 31.5 Å². The number of aryl methyl sites for hydroxylation is 2. The predicted molar refractivity (Wildman–Crippen MR) is 117 cm³/mol. The summed E-state index contributed by atoms with van der Waals surface area (Å²) >= 11 is 1.37. The van der Waals surface area contributed by atoms with Gasteiger partial charge < -0.3 is 19.5 Å². The van der Waals surface area contributed by atoms with Crippen LogP contribution in [0.5, 0.6) is 5.88 Å². The van der Waals surface area contributed by atoms with Crippen molar-refractivity contribution in [3.8, 4) is 11.0 Å². The maximum atomic E-state index is 12.5. The molecule has 0 saturated carbocycles. The number of thiazole rings is 1. The van der Waals surface area contributed by atoms with Gasteiger partial charge in [-0.25, -0.2) is 9.97 Å². The molecule has 0 spiro atoms. The van der Waals surface area contributed by atoms with Crippen molar-refractivity contribution in [2.75, 3.05) is 31.1 Å². The van der Waals surface area contributed by atoms with Crippen LogP contribution in [0.15, 0.2) is 30.6 Å². The summed E-state index contributed by atoms with van der Waals surface area (Å²) in [7, 11) is 0. The topological polar surface area (TPSA) is 85.2 Å². The van der Waals surface area contributed by atoms with Crippen LogP contribution in [0.25, 0.3) is 5.13 Å². The third-order valence-electron chi connectivity index (χ3n) is 4.94. The lowest BCUT2D eigenvalue weighted by Crippen LogP contribution is -2.30. The third kappa shape index (κ3) is 4.79. The SMILES string of the molecule is Cc1nc(OCCNC(=O)c2sc(-n3cccc3)nc2C)cc(N2CCCCC2)n1. The molecule has 0 atom stereocenters. The molecule has 0 radical (unpaired) electrons. The molecule has 0 aromatic carbocycles. The average Bonchev–Trinajstić information content (AvgIpc) is 3.41. The van der Waals surface area contributed by atoms with E-state index < -0.39 is 0 Å². The summed E-state index contributed by atoms with van der Waals surface area (Å²) in [6.07, 6.45) is 7.48. The zero-order valence-electron chi connectivity index (χ0n) is 17.3. The van der Waals surface area contributed by atoms with Gasteiger partial charge in [0.2, 0.25) is 5.88 Å². The second-order valence-electron chi connectivity index (χ2n) is 7.26. The molecule has 0 unspecified atom stereocenters. The molecule has 1 amide bonds. The number of rotatable bonds is 7. The molecular weight excluding hydrogens is 400 g/mol. The van der Waals surface area contributed by atoms with Gasteiger partial charge in [-0.15, -0.1) is 0 Å². The summed E-state index contributed by atoms with van der Waals surface area (Å²) in [5.74, 6) is 2.01. The molecule has 4 heterocycles. The number of nitrogens with one attached hydrogen (secondary N) is 1. The summed E-state index contributed by atoms with van der Waals surface area (Å²) in [6, 6.07) is 5.75. The highest BCUT2D eigenvalue weighted by atomic mass is 32.1. The molecule has 30 heavy (non-hydrogen) atoms. The minimum Gasteiger partial charge on any atom is -0.476 e. The Morgan fingerprint density at radius 3 is 2.67 bits per heavy atom. The standard InChI is InChI=1S/C21H26N6O2S/c1-15-19(30-21(23-15)27-11-6-7-12-27)20(28)22-8-13-29-18-14-17(24-16(2)25-18)26-9-4-3-5-10-26/h6-7,11-12,14H,3-5,8-10,13H2,1-2H3,(H,22,28). The molecule has 1 aliphatic heterocycles. The molecule has 158 valence electrons. The van der Waals surface area contributed by atoms with Crippen molar-refractivity contribution >= 4 is 23.1 Å². The Labute approximate surface area is 179 Å². The normalized spacial score (nSPS) is 14.0. The number of hydrogen-bond acceptors (Lipinski definition) is 7. The highest BCUT2D eigenvalue weighted by molar-refractivity contribution is 7.16. The van der Waals surface area contributed by atoms with Crippen LogP contribution in [0.1, 0.15) is 40.5 Å². The van der Waals surface area contributed by atoms with Gasteiger partial charge in [-0.1, -0.05) is 11.3 Å². The third-order valence-corrected chi connectivity index (χ3v) is 6.11. The molecule has 1 saturated heterocycles. The summed E-state index contributed by atoms with van der Waals surface area (Å²) in [6.45, 7) is 6.48. The van der Waals surface area contributed by atoms with E-state index in [0.29, 0.717) is 29.7 Å². The van der Waals surface area contributed by atoms with Crippen molar-refractivity contribution in [1.29, 1.82) is 0 Å². The molecule has 3 aromatic heterocycles. The monoisotopic (exact) mass is 426 g/mol. The Kier molecular flexibility index (Phi) is 6.27. The maximum absolute atomic E-state index is 12.5. The smallest absolute Gasteiger partial charge is 0.263 e. The first-order chi connectivity index (χ1) is 14.6. The fourth-order valence-corrected chi connectivity index (χ4v) is 4.40. The van der Waals surface area contributed by atoms with Gasteiger partial charge in [0.25, 0.3) is 5.91 Å². The number of amides is 1. The average molecular weight is 427 g/mol.